The summed E-state index contributed by atoms with van der Waals surface area (Å²) in [4.78, 5) is 34.4. The van der Waals surface area contributed by atoms with Crippen molar-refractivity contribution in [3.63, 3.8) is 0 Å². The summed E-state index contributed by atoms with van der Waals surface area (Å²) in [6.45, 7) is 0. The lowest BCUT2D eigenvalue weighted by atomic mass is 9.90. The van der Waals surface area contributed by atoms with Gasteiger partial charge in [-0.2, -0.15) is 0 Å². The van der Waals surface area contributed by atoms with E-state index in [1.807, 2.05) is 30.3 Å². The summed E-state index contributed by atoms with van der Waals surface area (Å²) < 4.78 is 10.7. The number of amides is 2. The molecule has 0 spiro atoms. The Hall–Kier alpha value is -4.04. The molecule has 0 aromatic heterocycles. The number of phenolic OH excluding ortho intramolecular Hbond substituents is 1. The van der Waals surface area contributed by atoms with Gasteiger partial charge in [0, 0.05) is 6.07 Å². The highest BCUT2D eigenvalue weighted by molar-refractivity contribution is 6.24. The third-order valence-corrected chi connectivity index (χ3v) is 5.99. The van der Waals surface area contributed by atoms with Gasteiger partial charge >= 0.3 is 0 Å². The van der Waals surface area contributed by atoms with Gasteiger partial charge in [0.1, 0.15) is 23.2 Å². The number of rotatable bonds is 5. The molecule has 0 unspecified atom stereocenters. The van der Waals surface area contributed by atoms with Crippen LogP contribution in [0.15, 0.2) is 72.8 Å². The van der Waals surface area contributed by atoms with Crippen molar-refractivity contribution in [1.82, 2.24) is 0 Å². The van der Waals surface area contributed by atoms with Gasteiger partial charge in [-0.3, -0.25) is 14.4 Å². The molecule has 0 bridgehead atoms. The van der Waals surface area contributed by atoms with E-state index in [2.05, 4.69) is 0 Å². The van der Waals surface area contributed by atoms with Crippen LogP contribution in [-0.2, 0) is 14.4 Å². The number of ether oxygens (including phenoxy) is 2. The van der Waals surface area contributed by atoms with Gasteiger partial charge in [0.15, 0.2) is 6.10 Å². The number of carbonyl (C=O) groups excluding carboxylic acids is 2. The largest absolute Gasteiger partial charge is 0.508 e. The Morgan fingerprint density at radius 3 is 2.27 bits per heavy atom. The molecule has 3 atom stereocenters. The number of aromatic hydroxyl groups is 1. The molecule has 3 aromatic rings. The first-order chi connectivity index (χ1) is 16.0. The number of phenols is 1. The van der Waals surface area contributed by atoms with Crippen molar-refractivity contribution in [2.24, 2.45) is 5.92 Å². The van der Waals surface area contributed by atoms with Gasteiger partial charge in [0.05, 0.1) is 31.6 Å². The van der Waals surface area contributed by atoms with Gasteiger partial charge in [-0.1, -0.05) is 30.3 Å². The second-order valence-corrected chi connectivity index (χ2v) is 7.80. The zero-order valence-corrected chi connectivity index (χ0v) is 18.0. The monoisotopic (exact) mass is 446 g/mol. The fourth-order valence-corrected chi connectivity index (χ4v) is 4.43. The van der Waals surface area contributed by atoms with E-state index in [0.29, 0.717) is 17.2 Å². The maximum Gasteiger partial charge on any atom is 0.266 e. The van der Waals surface area contributed by atoms with E-state index in [-0.39, 0.29) is 11.7 Å². The smallest absolute Gasteiger partial charge is 0.266 e. The van der Waals surface area contributed by atoms with Crippen molar-refractivity contribution < 1.29 is 29.0 Å². The van der Waals surface area contributed by atoms with Crippen LogP contribution in [0.1, 0.15) is 11.6 Å². The first-order valence-electron chi connectivity index (χ1n) is 10.4. The van der Waals surface area contributed by atoms with Crippen LogP contribution in [0, 0.1) is 5.92 Å². The van der Waals surface area contributed by atoms with E-state index in [4.69, 9.17) is 14.3 Å². The molecule has 2 heterocycles. The molecule has 2 fully saturated rings. The molecular formula is C25H22N2O6. The molecule has 2 saturated heterocycles. The third kappa shape index (κ3) is 3.35. The van der Waals surface area contributed by atoms with Gasteiger partial charge in [0.25, 0.3) is 5.91 Å². The summed E-state index contributed by atoms with van der Waals surface area (Å²) in [6, 6.07) is 20.2. The number of hydrogen-bond donors (Lipinski definition) is 1. The predicted octanol–water partition coefficient (Wildman–Crippen LogP) is 3.46. The lowest BCUT2D eigenvalue weighted by molar-refractivity contribution is -0.126. The molecule has 2 amide bonds. The van der Waals surface area contributed by atoms with Crippen LogP contribution in [0.25, 0.3) is 0 Å². The van der Waals surface area contributed by atoms with E-state index in [1.165, 1.54) is 14.2 Å². The fraction of sp³-hybridized carbons (Fsp3) is 0.200. The molecular weight excluding hydrogens is 424 g/mol. The number of methoxy groups -OCH3 is 2. The van der Waals surface area contributed by atoms with Gasteiger partial charge in [-0.25, -0.2) is 9.96 Å². The topological polar surface area (TPSA) is 88.5 Å². The molecule has 1 N–H and O–H groups in total. The van der Waals surface area contributed by atoms with Crippen LogP contribution < -0.4 is 19.4 Å². The Morgan fingerprint density at radius 1 is 0.879 bits per heavy atom. The van der Waals surface area contributed by atoms with Crippen molar-refractivity contribution in [1.29, 1.82) is 0 Å². The van der Waals surface area contributed by atoms with Crippen LogP contribution >= 0.6 is 0 Å². The van der Waals surface area contributed by atoms with Crippen LogP contribution in [0.4, 0.5) is 11.4 Å². The van der Waals surface area contributed by atoms with E-state index in [9.17, 15) is 14.7 Å². The molecule has 8 nitrogen and oxygen atoms in total. The van der Waals surface area contributed by atoms with Crippen molar-refractivity contribution in [2.45, 2.75) is 12.1 Å². The van der Waals surface area contributed by atoms with Crippen LogP contribution in [-0.4, -0.2) is 37.2 Å². The van der Waals surface area contributed by atoms with E-state index < -0.39 is 24.0 Å². The number of hydrogen-bond acceptors (Lipinski definition) is 7. The predicted molar refractivity (Wildman–Crippen MR) is 120 cm³/mol. The van der Waals surface area contributed by atoms with Crippen LogP contribution in [0.3, 0.4) is 0 Å². The zero-order chi connectivity index (χ0) is 23.1. The Morgan fingerprint density at radius 2 is 1.61 bits per heavy atom. The number of carbonyl (C=O) groups is 2. The number of imide groups is 1. The molecule has 33 heavy (non-hydrogen) atoms. The molecule has 0 radical (unpaired) electrons. The molecule has 3 aromatic carbocycles. The summed E-state index contributed by atoms with van der Waals surface area (Å²) in [5.41, 5.74) is 1.80. The summed E-state index contributed by atoms with van der Waals surface area (Å²) in [6.07, 6.45) is -0.997. The first kappa shape index (κ1) is 20.8. The second-order valence-electron chi connectivity index (χ2n) is 7.80. The van der Waals surface area contributed by atoms with Gasteiger partial charge < -0.3 is 14.6 Å². The summed E-state index contributed by atoms with van der Waals surface area (Å²) >= 11 is 0. The molecule has 2 aliphatic heterocycles. The Balaban J connectivity index is 1.58. The lowest BCUT2D eigenvalue weighted by Gasteiger charge is -2.29. The maximum absolute atomic E-state index is 13.7. The number of nitrogens with zero attached hydrogens (tertiary/aromatic N) is 2. The Bertz CT molecular complexity index is 1200. The zero-order valence-electron chi connectivity index (χ0n) is 18.0. The van der Waals surface area contributed by atoms with E-state index >= 15 is 0 Å². The van der Waals surface area contributed by atoms with Crippen molar-refractivity contribution in [2.75, 3.05) is 24.2 Å². The second kappa shape index (κ2) is 8.14. The van der Waals surface area contributed by atoms with E-state index in [1.54, 1.807) is 47.5 Å². The minimum Gasteiger partial charge on any atom is -0.508 e. The average Bonchev–Trinajstić information content (AvgIpc) is 3.35. The number of anilines is 2. The fourth-order valence-electron chi connectivity index (χ4n) is 4.43. The van der Waals surface area contributed by atoms with Gasteiger partial charge in [-0.15, -0.1) is 0 Å². The Kier molecular flexibility index (Phi) is 5.14. The number of benzene rings is 3. The van der Waals surface area contributed by atoms with Crippen molar-refractivity contribution >= 4 is 23.2 Å². The lowest BCUT2D eigenvalue weighted by Crippen LogP contribution is -2.37. The minimum absolute atomic E-state index is 0.110. The molecule has 0 saturated carbocycles. The van der Waals surface area contributed by atoms with Crippen molar-refractivity contribution in [3.8, 4) is 17.2 Å². The first-order valence-corrected chi connectivity index (χ1v) is 10.4. The molecule has 2 aliphatic rings. The standard InChI is InChI=1S/C25H22N2O6/c1-31-18-12-13-19(20(14-18)32-2)26-24(29)21-22(15-8-10-17(28)11-9-15)27(33-23(21)25(26)30)16-6-4-3-5-7-16/h3-14,21-23,28H,1-2H3/t21-,22+,23-/m1/s1. The van der Waals surface area contributed by atoms with Gasteiger partial charge in [0.2, 0.25) is 5.91 Å². The van der Waals surface area contributed by atoms with Crippen LogP contribution in [0.5, 0.6) is 17.2 Å². The molecule has 8 heteroatoms. The summed E-state index contributed by atoms with van der Waals surface area (Å²) in [5, 5.41) is 11.4. The molecule has 5 rings (SSSR count). The normalized spacial score (nSPS) is 21.9. The van der Waals surface area contributed by atoms with Crippen LogP contribution in [0.2, 0.25) is 0 Å². The van der Waals surface area contributed by atoms with Crippen molar-refractivity contribution in [3.05, 3.63) is 78.4 Å². The summed E-state index contributed by atoms with van der Waals surface area (Å²) in [7, 11) is 3.00. The molecule has 0 aliphatic carbocycles. The highest BCUT2D eigenvalue weighted by Crippen LogP contribution is 2.49. The quantitative estimate of drug-likeness (QED) is 0.601. The minimum atomic E-state index is -0.997. The Labute approximate surface area is 190 Å². The number of fused-ring (bicyclic) bond motifs is 1. The third-order valence-electron chi connectivity index (χ3n) is 5.99. The average molecular weight is 446 g/mol. The number of para-hydroxylation sites is 1. The SMILES string of the molecule is COc1ccc(N2C(=O)[C@H]3[C@@H](ON(c4ccccc4)[C@H]3c3ccc(O)cc3)C2=O)c(OC)c1. The summed E-state index contributed by atoms with van der Waals surface area (Å²) in [5.74, 6) is -0.630. The maximum atomic E-state index is 13.7. The highest BCUT2D eigenvalue weighted by Gasteiger charge is 2.60. The highest BCUT2D eigenvalue weighted by atomic mass is 16.7. The number of hydroxylamine groups is 1. The van der Waals surface area contributed by atoms with Gasteiger partial charge in [-0.05, 0) is 42.0 Å². The molecule has 168 valence electrons. The van der Waals surface area contributed by atoms with E-state index in [0.717, 1.165) is 16.2 Å².